The minimum Gasteiger partial charge on any atom is -0.368 e. The molecule has 1 saturated carbocycles. The second kappa shape index (κ2) is 8.96. The van der Waals surface area contributed by atoms with Crippen LogP contribution in [0, 0.1) is 0 Å². The molecule has 1 aliphatic heterocycles. The van der Waals surface area contributed by atoms with Crippen LogP contribution in [0.4, 0.5) is 11.5 Å². The topological polar surface area (TPSA) is 92.4 Å². The van der Waals surface area contributed by atoms with E-state index in [4.69, 9.17) is 4.74 Å². The van der Waals surface area contributed by atoms with Crippen LogP contribution in [0.5, 0.6) is 0 Å². The van der Waals surface area contributed by atoms with E-state index >= 15 is 0 Å². The van der Waals surface area contributed by atoms with E-state index in [1.54, 1.807) is 0 Å². The number of nitrogens with one attached hydrogen (secondary N) is 3. The van der Waals surface area contributed by atoms with Crippen molar-refractivity contribution in [2.24, 2.45) is 0 Å². The number of fused-ring (bicyclic) bond motifs is 1. The van der Waals surface area contributed by atoms with Crippen molar-refractivity contribution in [3.63, 3.8) is 0 Å². The highest BCUT2D eigenvalue weighted by Gasteiger charge is 2.25. The fourth-order valence-corrected chi connectivity index (χ4v) is 3.90. The quantitative estimate of drug-likeness (QED) is 0.529. The lowest BCUT2D eigenvalue weighted by Gasteiger charge is -2.13. The number of hydrogen-bond acceptors (Lipinski definition) is 5. The molecule has 2 aromatic carbocycles. The van der Waals surface area contributed by atoms with Crippen LogP contribution in [0.25, 0.3) is 10.9 Å². The lowest BCUT2D eigenvalue weighted by Crippen LogP contribution is -2.26. The third kappa shape index (κ3) is 4.73. The van der Waals surface area contributed by atoms with Crippen molar-refractivity contribution in [3.05, 3.63) is 65.7 Å². The second-order valence-electron chi connectivity index (χ2n) is 8.36. The Kier molecular flexibility index (Phi) is 5.73. The molecule has 2 amide bonds. The number of hydrogen-bond donors (Lipinski definition) is 3. The van der Waals surface area contributed by atoms with Crippen LogP contribution >= 0.6 is 0 Å². The molecule has 5 rings (SSSR count). The number of aromatic nitrogens is 1. The molecular weight excluding hydrogens is 404 g/mol. The highest BCUT2D eigenvalue weighted by Crippen LogP contribution is 2.24. The van der Waals surface area contributed by atoms with Crippen LogP contribution in [-0.4, -0.2) is 35.6 Å². The van der Waals surface area contributed by atoms with Crippen LogP contribution < -0.4 is 16.0 Å². The van der Waals surface area contributed by atoms with Crippen molar-refractivity contribution in [1.29, 1.82) is 0 Å². The molecule has 1 aromatic heterocycles. The molecule has 7 heteroatoms. The van der Waals surface area contributed by atoms with E-state index in [2.05, 4.69) is 20.9 Å². The van der Waals surface area contributed by atoms with E-state index in [0.717, 1.165) is 47.8 Å². The average Bonchev–Trinajstić information content (AvgIpc) is 3.44. The molecule has 7 nitrogen and oxygen atoms in total. The first-order valence-electron chi connectivity index (χ1n) is 11.1. The standard InChI is InChI=1S/C25H26N4O3/c30-24(27-17-10-11-17)20-14-23(29-21-8-2-1-7-19(20)21)26-15-16-5-3-6-18(13-16)28-25(31)22-9-4-12-32-22/h1-3,5-8,13-14,17,22H,4,9-12,15H2,(H,26,29)(H,27,30)(H,28,31). The van der Waals surface area contributed by atoms with Gasteiger partial charge >= 0.3 is 0 Å². The van der Waals surface area contributed by atoms with Crippen molar-refractivity contribution in [2.45, 2.75) is 44.4 Å². The predicted molar refractivity (Wildman–Crippen MR) is 124 cm³/mol. The number of carbonyl (C=O) groups excluding carboxylic acids is 2. The third-order valence-electron chi connectivity index (χ3n) is 5.76. The molecular formula is C25H26N4O3. The van der Waals surface area contributed by atoms with Gasteiger partial charge in [-0.2, -0.15) is 0 Å². The molecule has 1 unspecified atom stereocenters. The number of nitrogens with zero attached hydrogens (tertiary/aromatic N) is 1. The summed E-state index contributed by atoms with van der Waals surface area (Å²) < 4.78 is 5.45. The van der Waals surface area contributed by atoms with Crippen molar-refractivity contribution < 1.29 is 14.3 Å². The SMILES string of the molecule is O=C(NC1CC1)c1cc(NCc2cccc(NC(=O)C3CCCO3)c2)nc2ccccc12. The molecule has 3 N–H and O–H groups in total. The molecule has 164 valence electrons. The van der Waals surface area contributed by atoms with E-state index in [1.807, 2.05) is 54.6 Å². The van der Waals surface area contributed by atoms with Gasteiger partial charge in [0, 0.05) is 30.3 Å². The number of anilines is 2. The summed E-state index contributed by atoms with van der Waals surface area (Å²) in [6.45, 7) is 1.15. The maximum absolute atomic E-state index is 12.8. The lowest BCUT2D eigenvalue weighted by atomic mass is 10.1. The summed E-state index contributed by atoms with van der Waals surface area (Å²) in [4.78, 5) is 29.8. The molecule has 0 spiro atoms. The summed E-state index contributed by atoms with van der Waals surface area (Å²) in [6.07, 6.45) is 3.40. The van der Waals surface area contributed by atoms with Crippen LogP contribution in [0.2, 0.25) is 0 Å². The van der Waals surface area contributed by atoms with Crippen LogP contribution in [0.15, 0.2) is 54.6 Å². The molecule has 1 aliphatic carbocycles. The van der Waals surface area contributed by atoms with Gasteiger partial charge in [-0.25, -0.2) is 4.98 Å². The smallest absolute Gasteiger partial charge is 0.253 e. The number of benzene rings is 2. The zero-order valence-corrected chi connectivity index (χ0v) is 17.8. The Morgan fingerprint density at radius 3 is 2.72 bits per heavy atom. The van der Waals surface area contributed by atoms with E-state index in [-0.39, 0.29) is 17.9 Å². The number of ether oxygens (including phenoxy) is 1. The lowest BCUT2D eigenvalue weighted by molar-refractivity contribution is -0.124. The zero-order valence-electron chi connectivity index (χ0n) is 17.8. The van der Waals surface area contributed by atoms with E-state index in [0.29, 0.717) is 30.6 Å². The summed E-state index contributed by atoms with van der Waals surface area (Å²) in [7, 11) is 0. The molecule has 1 saturated heterocycles. The van der Waals surface area contributed by atoms with Gasteiger partial charge in [-0.15, -0.1) is 0 Å². The second-order valence-corrected chi connectivity index (χ2v) is 8.36. The largest absolute Gasteiger partial charge is 0.368 e. The Labute approximate surface area is 186 Å². The van der Waals surface area contributed by atoms with Crippen molar-refractivity contribution in [3.8, 4) is 0 Å². The molecule has 32 heavy (non-hydrogen) atoms. The van der Waals surface area contributed by atoms with Crippen molar-refractivity contribution in [2.75, 3.05) is 17.2 Å². The Morgan fingerprint density at radius 1 is 1.03 bits per heavy atom. The van der Waals surface area contributed by atoms with Gasteiger partial charge in [0.15, 0.2) is 0 Å². The van der Waals surface area contributed by atoms with Gasteiger partial charge in [0.1, 0.15) is 11.9 Å². The Bertz CT molecular complexity index is 1150. The number of pyridine rings is 1. The molecule has 1 atom stereocenters. The van der Waals surface area contributed by atoms with Gasteiger partial charge in [0.2, 0.25) is 0 Å². The highest BCUT2D eigenvalue weighted by molar-refractivity contribution is 6.07. The maximum atomic E-state index is 12.8. The minimum atomic E-state index is -0.362. The van der Waals surface area contributed by atoms with Gasteiger partial charge in [-0.05, 0) is 55.5 Å². The molecule has 2 aliphatic rings. The first-order valence-corrected chi connectivity index (χ1v) is 11.1. The van der Waals surface area contributed by atoms with E-state index < -0.39 is 0 Å². The maximum Gasteiger partial charge on any atom is 0.253 e. The number of rotatable bonds is 7. The first-order chi connectivity index (χ1) is 15.7. The van der Waals surface area contributed by atoms with Crippen LogP contribution in [0.3, 0.4) is 0 Å². The summed E-state index contributed by atoms with van der Waals surface area (Å²) in [5.74, 6) is 0.474. The molecule has 3 aromatic rings. The van der Waals surface area contributed by atoms with Crippen molar-refractivity contribution >= 4 is 34.2 Å². The summed E-state index contributed by atoms with van der Waals surface area (Å²) >= 11 is 0. The normalized spacial score (nSPS) is 17.8. The third-order valence-corrected chi connectivity index (χ3v) is 5.76. The fourth-order valence-electron chi connectivity index (χ4n) is 3.90. The molecule has 0 radical (unpaired) electrons. The predicted octanol–water partition coefficient (Wildman–Crippen LogP) is 3.86. The molecule has 2 fully saturated rings. The van der Waals surface area contributed by atoms with E-state index in [1.165, 1.54) is 0 Å². The Balaban J connectivity index is 1.30. The van der Waals surface area contributed by atoms with Gasteiger partial charge in [0.25, 0.3) is 11.8 Å². The number of amides is 2. The van der Waals surface area contributed by atoms with Gasteiger partial charge in [-0.3, -0.25) is 9.59 Å². The Morgan fingerprint density at radius 2 is 1.91 bits per heavy atom. The highest BCUT2D eigenvalue weighted by atomic mass is 16.5. The molecule has 0 bridgehead atoms. The van der Waals surface area contributed by atoms with Gasteiger partial charge in [-0.1, -0.05) is 30.3 Å². The summed E-state index contributed by atoms with van der Waals surface area (Å²) in [5, 5.41) is 10.2. The zero-order chi connectivity index (χ0) is 21.9. The number of carbonyl (C=O) groups is 2. The number of para-hydroxylation sites is 1. The summed E-state index contributed by atoms with van der Waals surface area (Å²) in [5.41, 5.74) is 3.13. The molecule has 2 heterocycles. The Hall–Kier alpha value is -3.45. The van der Waals surface area contributed by atoms with Gasteiger partial charge < -0.3 is 20.7 Å². The monoisotopic (exact) mass is 430 g/mol. The first kappa shape index (κ1) is 20.5. The van der Waals surface area contributed by atoms with Crippen LogP contribution in [-0.2, 0) is 16.1 Å². The van der Waals surface area contributed by atoms with E-state index in [9.17, 15) is 9.59 Å². The van der Waals surface area contributed by atoms with Gasteiger partial charge in [0.05, 0.1) is 11.1 Å². The minimum absolute atomic E-state index is 0.0620. The van der Waals surface area contributed by atoms with Crippen LogP contribution in [0.1, 0.15) is 41.6 Å². The van der Waals surface area contributed by atoms with Crippen molar-refractivity contribution in [1.82, 2.24) is 10.3 Å². The summed E-state index contributed by atoms with van der Waals surface area (Å²) in [6, 6.07) is 17.5. The average molecular weight is 431 g/mol. The fraction of sp³-hybridized carbons (Fsp3) is 0.320.